The van der Waals surface area contributed by atoms with Crippen molar-refractivity contribution in [2.45, 2.75) is 6.42 Å². The average Bonchev–Trinajstić information content (AvgIpc) is 1.88. The summed E-state index contributed by atoms with van der Waals surface area (Å²) in [7, 11) is 0. The number of rotatable bonds is 2. The van der Waals surface area contributed by atoms with Crippen LogP contribution in [-0.4, -0.2) is 5.88 Å². The number of hydrogen-bond donors (Lipinski definition) is 0. The fourth-order valence-corrected chi connectivity index (χ4v) is 1.16. The summed E-state index contributed by atoms with van der Waals surface area (Å²) in [6, 6.07) is 8.46. The number of alkyl halides is 1. The van der Waals surface area contributed by atoms with Gasteiger partial charge in [-0.15, -0.1) is 11.6 Å². The van der Waals surface area contributed by atoms with Gasteiger partial charge < -0.3 is 0 Å². The van der Waals surface area contributed by atoms with Crippen molar-refractivity contribution in [2.24, 2.45) is 0 Å². The highest BCUT2D eigenvalue weighted by molar-refractivity contribution is 6.30. The third-order valence-corrected chi connectivity index (χ3v) is 1.60. The van der Waals surface area contributed by atoms with E-state index in [9.17, 15) is 0 Å². The lowest BCUT2D eigenvalue weighted by Gasteiger charge is -1.95. The molecule has 0 amide bonds. The van der Waals surface area contributed by atoms with Crippen molar-refractivity contribution >= 4 is 23.2 Å². The van der Waals surface area contributed by atoms with Gasteiger partial charge in [0, 0.05) is 10.9 Å². The molecule has 10 heavy (non-hydrogen) atoms. The first-order valence-corrected chi connectivity index (χ1v) is 3.95. The smallest absolute Gasteiger partial charge is 0.0414 e. The van der Waals surface area contributed by atoms with Crippen LogP contribution in [0.25, 0.3) is 0 Å². The summed E-state index contributed by atoms with van der Waals surface area (Å²) in [5.41, 5.74) is 1.14. The molecule has 0 nitrogen and oxygen atoms in total. The van der Waals surface area contributed by atoms with Gasteiger partial charge in [-0.25, -0.2) is 0 Å². The lowest BCUT2D eigenvalue weighted by molar-refractivity contribution is 1.15. The Morgan fingerprint density at radius 2 is 2.20 bits per heavy atom. The van der Waals surface area contributed by atoms with Crippen molar-refractivity contribution in [1.29, 1.82) is 0 Å². The molecule has 0 spiro atoms. The zero-order chi connectivity index (χ0) is 7.40. The first-order chi connectivity index (χ1) is 4.83. The van der Waals surface area contributed by atoms with Crippen LogP contribution in [0.5, 0.6) is 0 Å². The highest BCUT2D eigenvalue weighted by atomic mass is 35.5. The molecule has 0 unspecified atom stereocenters. The number of hydrogen-bond acceptors (Lipinski definition) is 0. The second-order valence-electron chi connectivity index (χ2n) is 2.00. The van der Waals surface area contributed by atoms with Gasteiger partial charge in [-0.1, -0.05) is 17.7 Å². The Hall–Kier alpha value is -0.200. The summed E-state index contributed by atoms with van der Waals surface area (Å²) in [6.45, 7) is 0. The van der Waals surface area contributed by atoms with E-state index in [1.807, 2.05) is 12.1 Å². The normalized spacial score (nSPS) is 9.80. The summed E-state index contributed by atoms with van der Waals surface area (Å²) in [5, 5.41) is 0.725. The van der Waals surface area contributed by atoms with Crippen molar-refractivity contribution in [3.63, 3.8) is 0 Å². The lowest BCUT2D eigenvalue weighted by atomic mass is 10.2. The Bertz CT molecular complexity index is 208. The zero-order valence-electron chi connectivity index (χ0n) is 5.40. The summed E-state index contributed by atoms with van der Waals surface area (Å²) in [6.07, 6.45) is 0.860. The maximum Gasteiger partial charge on any atom is 0.0414 e. The minimum Gasteiger partial charge on any atom is -0.126 e. The van der Waals surface area contributed by atoms with Crippen LogP contribution in [0.2, 0.25) is 5.02 Å². The largest absolute Gasteiger partial charge is 0.126 e. The van der Waals surface area contributed by atoms with Gasteiger partial charge in [-0.05, 0) is 30.2 Å². The van der Waals surface area contributed by atoms with Crippen LogP contribution >= 0.6 is 23.2 Å². The molecule has 53 valence electrons. The van der Waals surface area contributed by atoms with Gasteiger partial charge in [0.2, 0.25) is 0 Å². The fraction of sp³-hybridized carbons (Fsp3) is 0.250. The van der Waals surface area contributed by atoms with Crippen LogP contribution in [0.15, 0.2) is 18.2 Å². The molecule has 2 heteroatoms. The topological polar surface area (TPSA) is 0 Å². The quantitative estimate of drug-likeness (QED) is 0.604. The zero-order valence-corrected chi connectivity index (χ0v) is 6.91. The highest BCUT2D eigenvalue weighted by Gasteiger charge is 1.91. The summed E-state index contributed by atoms with van der Waals surface area (Å²) >= 11 is 11.2. The van der Waals surface area contributed by atoms with Crippen LogP contribution in [0, 0.1) is 6.07 Å². The Morgan fingerprint density at radius 1 is 1.40 bits per heavy atom. The standard InChI is InChI=1S/C8H7Cl2/c9-5-4-7-2-1-3-8(10)6-7/h2-3,6H,4-5H2. The molecular formula is C8H7Cl2. The van der Waals surface area contributed by atoms with E-state index in [1.165, 1.54) is 0 Å². The van der Waals surface area contributed by atoms with E-state index in [-0.39, 0.29) is 0 Å². The van der Waals surface area contributed by atoms with E-state index in [2.05, 4.69) is 6.07 Å². The molecule has 1 radical (unpaired) electrons. The molecule has 1 aromatic rings. The molecule has 0 atom stereocenters. The molecule has 0 bridgehead atoms. The first kappa shape index (κ1) is 7.90. The molecule has 1 aromatic carbocycles. The number of benzene rings is 1. The van der Waals surface area contributed by atoms with Crippen LogP contribution in [0.4, 0.5) is 0 Å². The molecule has 0 aliphatic carbocycles. The van der Waals surface area contributed by atoms with Crippen molar-refractivity contribution in [2.75, 3.05) is 5.88 Å². The van der Waals surface area contributed by atoms with E-state index < -0.39 is 0 Å². The summed E-state index contributed by atoms with van der Waals surface area (Å²) in [5.74, 6) is 0.633. The van der Waals surface area contributed by atoms with Crippen LogP contribution in [0.1, 0.15) is 5.56 Å². The van der Waals surface area contributed by atoms with Gasteiger partial charge in [0.1, 0.15) is 0 Å². The monoisotopic (exact) mass is 173 g/mol. The molecule has 0 saturated heterocycles. The predicted molar refractivity (Wildman–Crippen MR) is 44.7 cm³/mol. The molecular weight excluding hydrogens is 167 g/mol. The molecule has 1 rings (SSSR count). The second kappa shape index (κ2) is 3.85. The molecule has 0 saturated carbocycles. The van der Waals surface area contributed by atoms with E-state index in [4.69, 9.17) is 23.2 Å². The Labute approximate surface area is 70.8 Å². The Balaban J connectivity index is 2.75. The predicted octanol–water partition coefficient (Wildman–Crippen LogP) is 2.92. The molecule has 0 N–H and O–H groups in total. The number of aryl methyl sites for hydroxylation is 1. The molecule has 0 aromatic heterocycles. The fourth-order valence-electron chi connectivity index (χ4n) is 0.742. The van der Waals surface area contributed by atoms with Gasteiger partial charge in [0.05, 0.1) is 0 Å². The van der Waals surface area contributed by atoms with Crippen molar-refractivity contribution in [1.82, 2.24) is 0 Å². The first-order valence-electron chi connectivity index (χ1n) is 3.04. The molecule has 0 aliphatic heterocycles. The Kier molecular flexibility index (Phi) is 3.04. The SMILES string of the molecule is ClCCc1c[c]cc(Cl)c1. The third-order valence-electron chi connectivity index (χ3n) is 1.20. The minimum atomic E-state index is 0.633. The molecule has 0 aliphatic rings. The van der Waals surface area contributed by atoms with E-state index >= 15 is 0 Å². The van der Waals surface area contributed by atoms with Gasteiger partial charge in [-0.2, -0.15) is 0 Å². The van der Waals surface area contributed by atoms with Crippen molar-refractivity contribution in [3.8, 4) is 0 Å². The molecule has 0 fully saturated rings. The average molecular weight is 174 g/mol. The molecule has 0 heterocycles. The summed E-state index contributed by atoms with van der Waals surface area (Å²) in [4.78, 5) is 0. The van der Waals surface area contributed by atoms with Gasteiger partial charge >= 0.3 is 0 Å². The Morgan fingerprint density at radius 3 is 2.80 bits per heavy atom. The van der Waals surface area contributed by atoms with Gasteiger partial charge in [-0.3, -0.25) is 0 Å². The van der Waals surface area contributed by atoms with Crippen molar-refractivity contribution < 1.29 is 0 Å². The van der Waals surface area contributed by atoms with E-state index in [1.54, 1.807) is 6.07 Å². The maximum absolute atomic E-state index is 5.71. The summed E-state index contributed by atoms with van der Waals surface area (Å²) < 4.78 is 0. The van der Waals surface area contributed by atoms with Gasteiger partial charge in [0.25, 0.3) is 0 Å². The second-order valence-corrected chi connectivity index (χ2v) is 2.81. The van der Waals surface area contributed by atoms with Crippen LogP contribution in [0.3, 0.4) is 0 Å². The number of halogens is 2. The van der Waals surface area contributed by atoms with Crippen LogP contribution in [-0.2, 0) is 6.42 Å². The lowest BCUT2D eigenvalue weighted by Crippen LogP contribution is -1.84. The third kappa shape index (κ3) is 2.20. The maximum atomic E-state index is 5.71. The van der Waals surface area contributed by atoms with Gasteiger partial charge in [0.15, 0.2) is 0 Å². The van der Waals surface area contributed by atoms with E-state index in [0.29, 0.717) is 5.88 Å². The highest BCUT2D eigenvalue weighted by Crippen LogP contribution is 2.10. The van der Waals surface area contributed by atoms with Crippen LogP contribution < -0.4 is 0 Å². The minimum absolute atomic E-state index is 0.633. The van der Waals surface area contributed by atoms with E-state index in [0.717, 1.165) is 17.0 Å². The van der Waals surface area contributed by atoms with Crippen molar-refractivity contribution in [3.05, 3.63) is 34.9 Å².